The summed E-state index contributed by atoms with van der Waals surface area (Å²) in [5.41, 5.74) is 22.4. The average Bonchev–Trinajstić information content (AvgIpc) is 3.80. The van der Waals surface area contributed by atoms with Gasteiger partial charge in [-0.25, -0.2) is 0 Å². The molecule has 8 aliphatic carbocycles. The third-order valence-corrected chi connectivity index (χ3v) is 15.9. The van der Waals surface area contributed by atoms with Crippen LogP contribution in [0, 0.1) is 29.6 Å². The van der Waals surface area contributed by atoms with E-state index in [0.717, 1.165) is 38.5 Å². The van der Waals surface area contributed by atoms with Gasteiger partial charge in [0.1, 0.15) is 0 Å². The van der Waals surface area contributed by atoms with Crippen molar-refractivity contribution in [2.45, 2.75) is 58.8 Å². The lowest BCUT2D eigenvalue weighted by molar-refractivity contribution is 0.296. The number of hydrogen-bond acceptors (Lipinski definition) is 0. The quantitative estimate of drug-likeness (QED) is 0.160. The molecule has 0 radical (unpaired) electrons. The molecule has 8 aliphatic rings. The molecule has 0 nitrogen and oxygen atoms in total. The first-order valence-corrected chi connectivity index (χ1v) is 23.5. The lowest BCUT2D eigenvalue weighted by Crippen LogP contribution is -2.32. The van der Waals surface area contributed by atoms with E-state index in [-0.39, 0.29) is 0 Å². The molecule has 0 saturated carbocycles. The smallest absolute Gasteiger partial charge is 0.0168 e. The second kappa shape index (κ2) is 14.1. The first-order chi connectivity index (χ1) is 30.6. The van der Waals surface area contributed by atoms with E-state index in [0.29, 0.717) is 29.6 Å². The van der Waals surface area contributed by atoms with Gasteiger partial charge in [-0.3, -0.25) is 0 Å². The van der Waals surface area contributed by atoms with Crippen LogP contribution in [0.25, 0.3) is 71.3 Å². The number of allylic oxidation sites excluding steroid dienone is 24. The van der Waals surface area contributed by atoms with Crippen LogP contribution in [0.3, 0.4) is 0 Å². The molecule has 300 valence electrons. The van der Waals surface area contributed by atoms with Crippen molar-refractivity contribution < 1.29 is 0 Å². The Bertz CT molecular complexity index is 3230. The van der Waals surface area contributed by atoms with Crippen LogP contribution in [0.4, 0.5) is 0 Å². The van der Waals surface area contributed by atoms with Gasteiger partial charge in [0.15, 0.2) is 0 Å². The number of rotatable bonds is 3. The van der Waals surface area contributed by atoms with E-state index < -0.39 is 0 Å². The second-order valence-corrected chi connectivity index (χ2v) is 19.2. The third-order valence-electron chi connectivity index (χ3n) is 15.9. The zero-order chi connectivity index (χ0) is 41.1. The third kappa shape index (κ3) is 5.25. The minimum atomic E-state index is 0.326. The summed E-state index contributed by atoms with van der Waals surface area (Å²) < 4.78 is 0. The molecule has 0 aromatic heterocycles. The molecule has 5 atom stereocenters. The molecule has 5 aromatic rings. The van der Waals surface area contributed by atoms with E-state index in [1.54, 1.807) is 22.3 Å². The molecule has 0 fully saturated rings. The fourth-order valence-corrected chi connectivity index (χ4v) is 13.5. The maximum atomic E-state index is 2.83. The first kappa shape index (κ1) is 36.4. The number of fused-ring (bicyclic) bond motifs is 9. The summed E-state index contributed by atoms with van der Waals surface area (Å²) in [4.78, 5) is 0. The molecule has 0 bridgehead atoms. The fourth-order valence-electron chi connectivity index (χ4n) is 13.5. The maximum Gasteiger partial charge on any atom is 0.0168 e. The largest absolute Gasteiger partial charge is 0.0839 e. The fraction of sp³-hybridized carbons (Fsp3) is 0.226. The Morgan fingerprint density at radius 1 is 0.629 bits per heavy atom. The molecular formula is C62H52. The van der Waals surface area contributed by atoms with E-state index in [2.05, 4.69) is 178 Å². The van der Waals surface area contributed by atoms with Gasteiger partial charge in [-0.1, -0.05) is 170 Å². The Labute approximate surface area is 366 Å². The highest BCUT2D eigenvalue weighted by atomic mass is 14.5. The van der Waals surface area contributed by atoms with Gasteiger partial charge in [0.25, 0.3) is 0 Å². The Morgan fingerprint density at radius 2 is 1.44 bits per heavy atom. The Hall–Kier alpha value is -6.24. The van der Waals surface area contributed by atoms with Crippen molar-refractivity contribution in [2.75, 3.05) is 0 Å². The standard InChI is InChI=1S/C62H52/c1-37-19-16-20-38(2)55(37)42-34-50-44-27-13-11-24-41(44)33-52-58(50)53(35-42)61-56(40-22-8-6-4-3-5-7-9-23-40)54-36-51-46-29-15-14-28-45(46)48-31-18-32-49(57(48)51)59(54)60(62(52)61)47-30-17-25-39-21-10-12-26-43(39)47/h3-4,6-10,12-14,16-21,23,25-28,30-33,35-37,42,50,55,58H,5,11,15,22,24,29,34H2,1-2H3. The van der Waals surface area contributed by atoms with Gasteiger partial charge in [-0.2, -0.15) is 0 Å². The van der Waals surface area contributed by atoms with Crippen LogP contribution >= 0.6 is 0 Å². The summed E-state index contributed by atoms with van der Waals surface area (Å²) in [5.74, 6) is 2.21. The Balaban J connectivity index is 1.25. The normalized spacial score (nSPS) is 25.5. The first-order valence-electron chi connectivity index (χ1n) is 23.5. The predicted molar refractivity (Wildman–Crippen MR) is 266 cm³/mol. The monoisotopic (exact) mass is 796 g/mol. The molecule has 0 heteroatoms. The van der Waals surface area contributed by atoms with Crippen LogP contribution in [-0.2, 0) is 0 Å². The van der Waals surface area contributed by atoms with Crippen molar-refractivity contribution >= 4 is 60.2 Å². The molecule has 0 N–H and O–H groups in total. The highest BCUT2D eigenvalue weighted by molar-refractivity contribution is 6.30. The van der Waals surface area contributed by atoms with Crippen LogP contribution in [0.2, 0.25) is 0 Å². The summed E-state index contributed by atoms with van der Waals surface area (Å²) in [6.07, 6.45) is 46.3. The molecule has 62 heavy (non-hydrogen) atoms. The molecule has 13 rings (SSSR count). The summed E-state index contributed by atoms with van der Waals surface area (Å²) in [5, 5.41) is 8.32. The van der Waals surface area contributed by atoms with Gasteiger partial charge in [0.2, 0.25) is 0 Å². The van der Waals surface area contributed by atoms with E-state index in [1.165, 1.54) is 100.0 Å². The Morgan fingerprint density at radius 3 is 2.39 bits per heavy atom. The summed E-state index contributed by atoms with van der Waals surface area (Å²) in [6.45, 7) is 4.86. The van der Waals surface area contributed by atoms with Crippen molar-refractivity contribution in [3.63, 3.8) is 0 Å². The minimum Gasteiger partial charge on any atom is -0.0839 e. The highest BCUT2D eigenvalue weighted by Gasteiger charge is 2.49. The SMILES string of the molecule is CC1=CC=CC(C)C1C1C=C2c3c(c(-c4cccc5ccccc45)c4c(cc5c6c(cccc64)C4=C5CCC=C4)c3C3=CC=CCC=CC=CC3)C3=CC4=C(C=CCC4)C(C1)C23. The van der Waals surface area contributed by atoms with E-state index >= 15 is 0 Å². The number of hydrogen-bond donors (Lipinski definition) is 0. The second-order valence-electron chi connectivity index (χ2n) is 19.2. The minimum absolute atomic E-state index is 0.326. The van der Waals surface area contributed by atoms with Crippen molar-refractivity contribution in [1.29, 1.82) is 0 Å². The van der Waals surface area contributed by atoms with Gasteiger partial charge in [-0.15, -0.1) is 0 Å². The molecule has 5 unspecified atom stereocenters. The molecule has 0 amide bonds. The summed E-state index contributed by atoms with van der Waals surface area (Å²) >= 11 is 0. The molecule has 0 spiro atoms. The molecule has 0 saturated heterocycles. The summed E-state index contributed by atoms with van der Waals surface area (Å²) in [7, 11) is 0. The van der Waals surface area contributed by atoms with E-state index in [4.69, 9.17) is 0 Å². The van der Waals surface area contributed by atoms with Gasteiger partial charge in [0, 0.05) is 5.92 Å². The van der Waals surface area contributed by atoms with Gasteiger partial charge < -0.3 is 0 Å². The van der Waals surface area contributed by atoms with Crippen molar-refractivity contribution in [1.82, 2.24) is 0 Å². The molecular weight excluding hydrogens is 745 g/mol. The average molecular weight is 797 g/mol. The van der Waals surface area contributed by atoms with Crippen LogP contribution in [0.15, 0.2) is 181 Å². The Kier molecular flexibility index (Phi) is 8.31. The lowest BCUT2D eigenvalue weighted by Gasteiger charge is -2.43. The zero-order valence-corrected chi connectivity index (χ0v) is 35.9. The zero-order valence-electron chi connectivity index (χ0n) is 35.9. The van der Waals surface area contributed by atoms with Crippen molar-refractivity contribution in [2.24, 2.45) is 29.6 Å². The van der Waals surface area contributed by atoms with Crippen molar-refractivity contribution in [3.8, 4) is 11.1 Å². The van der Waals surface area contributed by atoms with Crippen LogP contribution < -0.4 is 0 Å². The van der Waals surface area contributed by atoms with Crippen LogP contribution in [-0.4, -0.2) is 0 Å². The van der Waals surface area contributed by atoms with Gasteiger partial charge >= 0.3 is 0 Å². The van der Waals surface area contributed by atoms with Crippen LogP contribution in [0.1, 0.15) is 86.6 Å². The summed E-state index contributed by atoms with van der Waals surface area (Å²) in [6, 6.07) is 26.1. The maximum absolute atomic E-state index is 2.83. The van der Waals surface area contributed by atoms with E-state index in [1.807, 2.05) is 0 Å². The highest BCUT2D eigenvalue weighted by Crippen LogP contribution is 2.65. The predicted octanol–water partition coefficient (Wildman–Crippen LogP) is 16.7. The molecule has 0 heterocycles. The van der Waals surface area contributed by atoms with Gasteiger partial charge in [-0.05, 0) is 192 Å². The van der Waals surface area contributed by atoms with Gasteiger partial charge in [0.05, 0.1) is 0 Å². The lowest BCUT2D eigenvalue weighted by atomic mass is 9.61. The van der Waals surface area contributed by atoms with Crippen molar-refractivity contribution in [3.05, 3.63) is 208 Å². The number of benzene rings is 5. The van der Waals surface area contributed by atoms with Crippen LogP contribution in [0.5, 0.6) is 0 Å². The van der Waals surface area contributed by atoms with E-state index in [9.17, 15) is 0 Å². The molecule has 5 aromatic carbocycles. The topological polar surface area (TPSA) is 0 Å². The molecule has 0 aliphatic heterocycles.